The molecule has 1 atom stereocenters. The lowest BCUT2D eigenvalue weighted by molar-refractivity contribution is -0.123. The number of carbonyl (C=O) groups is 1. The lowest BCUT2D eigenvalue weighted by Gasteiger charge is -2.15. The van der Waals surface area contributed by atoms with Gasteiger partial charge in [0.15, 0.2) is 6.61 Å². The average molecular weight is 366 g/mol. The van der Waals surface area contributed by atoms with Crippen molar-refractivity contribution in [3.05, 3.63) is 59.7 Å². The minimum Gasteiger partial charge on any atom is -0.488 e. The van der Waals surface area contributed by atoms with E-state index in [4.69, 9.17) is 9.47 Å². The van der Waals surface area contributed by atoms with E-state index in [2.05, 4.69) is 28.4 Å². The van der Waals surface area contributed by atoms with E-state index in [1.54, 1.807) is 0 Å². The maximum absolute atomic E-state index is 12.0. The van der Waals surface area contributed by atoms with Crippen molar-refractivity contribution in [3.8, 4) is 11.5 Å². The second-order valence-corrected chi connectivity index (χ2v) is 7.27. The molecule has 0 spiro atoms. The van der Waals surface area contributed by atoms with E-state index >= 15 is 0 Å². The fourth-order valence-corrected chi connectivity index (χ4v) is 3.69. The van der Waals surface area contributed by atoms with Crippen LogP contribution in [0.1, 0.15) is 24.0 Å². The molecule has 0 aliphatic carbocycles. The summed E-state index contributed by atoms with van der Waals surface area (Å²) in [5, 5.41) is 2.89. The molecule has 2 aliphatic heterocycles. The van der Waals surface area contributed by atoms with Gasteiger partial charge in [-0.15, -0.1) is 0 Å². The fourth-order valence-electron chi connectivity index (χ4n) is 3.69. The van der Waals surface area contributed by atoms with E-state index in [0.717, 1.165) is 24.5 Å². The first-order valence-electron chi connectivity index (χ1n) is 9.71. The summed E-state index contributed by atoms with van der Waals surface area (Å²) in [6.07, 6.45) is 3.43. The summed E-state index contributed by atoms with van der Waals surface area (Å²) in [5.74, 6) is 1.51. The molecule has 4 rings (SSSR count). The second kappa shape index (κ2) is 8.44. The van der Waals surface area contributed by atoms with Gasteiger partial charge in [0.2, 0.25) is 0 Å². The van der Waals surface area contributed by atoms with Crippen molar-refractivity contribution in [1.82, 2.24) is 10.2 Å². The van der Waals surface area contributed by atoms with Crippen molar-refractivity contribution in [3.63, 3.8) is 0 Å². The number of nitrogens with zero attached hydrogens (tertiary/aromatic N) is 1. The van der Waals surface area contributed by atoms with Crippen LogP contribution in [-0.4, -0.2) is 43.2 Å². The SMILES string of the molecule is O=C(COc1ccc(CN2CCCC2)cc1)NCC1Cc2ccccc2O1. The molecule has 2 aromatic carbocycles. The fraction of sp³-hybridized carbons (Fsp3) is 0.409. The molecule has 5 heteroatoms. The van der Waals surface area contributed by atoms with Crippen LogP contribution in [0.5, 0.6) is 11.5 Å². The molecule has 5 nitrogen and oxygen atoms in total. The maximum Gasteiger partial charge on any atom is 0.258 e. The van der Waals surface area contributed by atoms with Gasteiger partial charge in [0.1, 0.15) is 17.6 Å². The van der Waals surface area contributed by atoms with Gasteiger partial charge in [-0.25, -0.2) is 0 Å². The molecule has 0 saturated carbocycles. The van der Waals surface area contributed by atoms with Gasteiger partial charge in [-0.2, -0.15) is 0 Å². The van der Waals surface area contributed by atoms with Crippen molar-refractivity contribution in [1.29, 1.82) is 0 Å². The zero-order chi connectivity index (χ0) is 18.5. The number of likely N-dealkylation sites (tertiary alicyclic amines) is 1. The maximum atomic E-state index is 12.0. The third-order valence-electron chi connectivity index (χ3n) is 5.14. The zero-order valence-corrected chi connectivity index (χ0v) is 15.5. The number of para-hydroxylation sites is 1. The highest BCUT2D eigenvalue weighted by atomic mass is 16.5. The van der Waals surface area contributed by atoms with Gasteiger partial charge in [-0.05, 0) is 55.3 Å². The monoisotopic (exact) mass is 366 g/mol. The Kier molecular flexibility index (Phi) is 5.58. The largest absolute Gasteiger partial charge is 0.488 e. The number of hydrogen-bond acceptors (Lipinski definition) is 4. The van der Waals surface area contributed by atoms with Gasteiger partial charge < -0.3 is 14.8 Å². The number of carbonyl (C=O) groups excluding carboxylic acids is 1. The van der Waals surface area contributed by atoms with Crippen molar-refractivity contribution >= 4 is 5.91 Å². The Morgan fingerprint density at radius 2 is 1.89 bits per heavy atom. The van der Waals surface area contributed by atoms with Gasteiger partial charge in [0.05, 0.1) is 6.54 Å². The first kappa shape index (κ1) is 17.9. The Labute approximate surface area is 160 Å². The lowest BCUT2D eigenvalue weighted by Crippen LogP contribution is -2.37. The smallest absolute Gasteiger partial charge is 0.258 e. The predicted molar refractivity (Wildman–Crippen MR) is 104 cm³/mol. The molecule has 1 N–H and O–H groups in total. The predicted octanol–water partition coefficient (Wildman–Crippen LogP) is 2.78. The van der Waals surface area contributed by atoms with E-state index in [0.29, 0.717) is 6.54 Å². The third-order valence-corrected chi connectivity index (χ3v) is 5.14. The summed E-state index contributed by atoms with van der Waals surface area (Å²) >= 11 is 0. The topological polar surface area (TPSA) is 50.8 Å². The molecule has 2 heterocycles. The Bertz CT molecular complexity index is 744. The summed E-state index contributed by atoms with van der Waals surface area (Å²) in [7, 11) is 0. The number of amides is 1. The minimum atomic E-state index is -0.129. The van der Waals surface area contributed by atoms with Crippen LogP contribution in [0.15, 0.2) is 48.5 Å². The molecule has 1 saturated heterocycles. The highest BCUT2D eigenvalue weighted by Gasteiger charge is 2.22. The second-order valence-electron chi connectivity index (χ2n) is 7.27. The molecular formula is C22H26N2O3. The Balaban J connectivity index is 1.17. The number of benzene rings is 2. The van der Waals surface area contributed by atoms with E-state index in [-0.39, 0.29) is 18.6 Å². The van der Waals surface area contributed by atoms with E-state index in [9.17, 15) is 4.79 Å². The van der Waals surface area contributed by atoms with Crippen molar-refractivity contribution in [2.45, 2.75) is 31.9 Å². The Morgan fingerprint density at radius 1 is 1.11 bits per heavy atom. The summed E-state index contributed by atoms with van der Waals surface area (Å²) in [6, 6.07) is 16.0. The molecule has 0 radical (unpaired) electrons. The first-order valence-corrected chi connectivity index (χ1v) is 9.71. The summed E-state index contributed by atoms with van der Waals surface area (Å²) in [6.45, 7) is 3.88. The van der Waals surface area contributed by atoms with Crippen LogP contribution in [-0.2, 0) is 17.8 Å². The number of nitrogens with one attached hydrogen (secondary N) is 1. The number of hydrogen-bond donors (Lipinski definition) is 1. The number of fused-ring (bicyclic) bond motifs is 1. The zero-order valence-electron chi connectivity index (χ0n) is 15.5. The van der Waals surface area contributed by atoms with Gasteiger partial charge in [-0.1, -0.05) is 30.3 Å². The molecule has 142 valence electrons. The van der Waals surface area contributed by atoms with Crippen molar-refractivity contribution in [2.24, 2.45) is 0 Å². The molecule has 0 aromatic heterocycles. The highest BCUT2D eigenvalue weighted by molar-refractivity contribution is 5.77. The summed E-state index contributed by atoms with van der Waals surface area (Å²) in [4.78, 5) is 14.5. The quantitative estimate of drug-likeness (QED) is 0.819. The minimum absolute atomic E-state index is 0.00350. The van der Waals surface area contributed by atoms with Crippen LogP contribution in [0.4, 0.5) is 0 Å². The normalized spacial score (nSPS) is 18.7. The average Bonchev–Trinajstić information content (AvgIpc) is 3.35. The molecule has 1 amide bonds. The van der Waals surface area contributed by atoms with Crippen molar-refractivity contribution < 1.29 is 14.3 Å². The highest BCUT2D eigenvalue weighted by Crippen LogP contribution is 2.27. The van der Waals surface area contributed by atoms with Gasteiger partial charge >= 0.3 is 0 Å². The molecule has 0 bridgehead atoms. The van der Waals surface area contributed by atoms with Crippen LogP contribution >= 0.6 is 0 Å². The van der Waals surface area contributed by atoms with Gasteiger partial charge in [0.25, 0.3) is 5.91 Å². The van der Waals surface area contributed by atoms with E-state index < -0.39 is 0 Å². The first-order chi connectivity index (χ1) is 13.3. The number of ether oxygens (including phenoxy) is 2. The molecule has 2 aromatic rings. The lowest BCUT2D eigenvalue weighted by atomic mass is 10.1. The molecule has 2 aliphatic rings. The summed E-state index contributed by atoms with van der Waals surface area (Å²) in [5.41, 5.74) is 2.48. The van der Waals surface area contributed by atoms with Gasteiger partial charge in [-0.3, -0.25) is 9.69 Å². The van der Waals surface area contributed by atoms with Gasteiger partial charge in [0, 0.05) is 13.0 Å². The van der Waals surface area contributed by atoms with Crippen LogP contribution < -0.4 is 14.8 Å². The molecule has 1 unspecified atom stereocenters. The standard InChI is InChI=1S/C22H26N2O3/c25-22(23-14-20-13-18-5-1-2-6-21(18)27-20)16-26-19-9-7-17(8-10-19)15-24-11-3-4-12-24/h1-2,5-10,20H,3-4,11-16H2,(H,23,25). The van der Waals surface area contributed by atoms with E-state index in [1.807, 2.05) is 30.3 Å². The van der Waals surface area contributed by atoms with Crippen molar-refractivity contribution in [2.75, 3.05) is 26.2 Å². The molecule has 1 fully saturated rings. The van der Waals surface area contributed by atoms with Crippen LogP contribution in [0.2, 0.25) is 0 Å². The van der Waals surface area contributed by atoms with Crippen LogP contribution in [0.25, 0.3) is 0 Å². The third kappa shape index (κ3) is 4.80. The number of rotatable bonds is 7. The van der Waals surface area contributed by atoms with Crippen LogP contribution in [0.3, 0.4) is 0 Å². The molecule has 27 heavy (non-hydrogen) atoms. The Morgan fingerprint density at radius 3 is 2.67 bits per heavy atom. The van der Waals surface area contributed by atoms with Crippen LogP contribution in [0, 0.1) is 0 Å². The Hall–Kier alpha value is -2.53. The van der Waals surface area contributed by atoms with E-state index in [1.165, 1.54) is 37.1 Å². The molecular weight excluding hydrogens is 340 g/mol. The summed E-state index contributed by atoms with van der Waals surface area (Å²) < 4.78 is 11.4.